The highest BCUT2D eigenvalue weighted by Crippen LogP contribution is 2.24. The average molecular weight is 359 g/mol. The van der Waals surface area contributed by atoms with E-state index in [-0.39, 0.29) is 11.4 Å². The Bertz CT molecular complexity index is 693. The van der Waals surface area contributed by atoms with Crippen LogP contribution >= 0.6 is 15.9 Å². The van der Waals surface area contributed by atoms with E-state index in [1.54, 1.807) is 24.5 Å². The molecule has 20 heavy (non-hydrogen) atoms. The highest BCUT2D eigenvalue weighted by atomic mass is 79.9. The largest absolute Gasteiger partial charge is 0.282 e. The van der Waals surface area contributed by atoms with Crippen LogP contribution < -0.4 is 4.72 Å². The summed E-state index contributed by atoms with van der Waals surface area (Å²) >= 11 is 3.18. The second-order valence-corrected chi connectivity index (χ2v) is 6.85. The Labute approximate surface area is 125 Å². The fraction of sp³-hybridized carbons (Fsp3) is 0.154. The Morgan fingerprint density at radius 2 is 1.90 bits per heavy atom. The van der Waals surface area contributed by atoms with Crippen molar-refractivity contribution in [2.75, 3.05) is 10.5 Å². The van der Waals surface area contributed by atoms with E-state index < -0.39 is 15.8 Å². The standard InChI is InChI=1S/C13H12BrFN2O2S/c14-12-2-1-11(15)9-13(12)17-20(18,19)8-5-10-3-6-16-7-4-10/h1-4,6-7,9,17H,5,8H2. The van der Waals surface area contributed by atoms with Gasteiger partial charge < -0.3 is 0 Å². The van der Waals surface area contributed by atoms with Crippen LogP contribution in [0.3, 0.4) is 0 Å². The van der Waals surface area contributed by atoms with E-state index in [0.717, 1.165) is 11.6 Å². The number of aryl methyl sites for hydroxylation is 1. The molecule has 1 N–H and O–H groups in total. The predicted octanol–water partition coefficient (Wildman–Crippen LogP) is 2.97. The molecule has 0 bridgehead atoms. The highest BCUT2D eigenvalue weighted by Gasteiger charge is 2.13. The van der Waals surface area contributed by atoms with Gasteiger partial charge in [0.15, 0.2) is 0 Å². The van der Waals surface area contributed by atoms with Crippen LogP contribution in [0, 0.1) is 5.82 Å². The zero-order valence-electron chi connectivity index (χ0n) is 10.4. The number of anilines is 1. The monoisotopic (exact) mass is 358 g/mol. The molecule has 2 rings (SSSR count). The first-order chi connectivity index (χ1) is 9.46. The van der Waals surface area contributed by atoms with Gasteiger partial charge in [0.05, 0.1) is 11.4 Å². The van der Waals surface area contributed by atoms with Crippen molar-refractivity contribution in [2.45, 2.75) is 6.42 Å². The summed E-state index contributed by atoms with van der Waals surface area (Å²) < 4.78 is 39.9. The van der Waals surface area contributed by atoms with Crippen LogP contribution in [-0.4, -0.2) is 19.2 Å². The summed E-state index contributed by atoms with van der Waals surface area (Å²) in [6.45, 7) is 0. The first-order valence-corrected chi connectivity index (χ1v) is 8.25. The van der Waals surface area contributed by atoms with Crippen molar-refractivity contribution in [2.24, 2.45) is 0 Å². The lowest BCUT2D eigenvalue weighted by molar-refractivity contribution is 0.600. The van der Waals surface area contributed by atoms with E-state index in [2.05, 4.69) is 25.6 Å². The Kier molecular flexibility index (Phi) is 4.72. The molecule has 0 atom stereocenters. The fourth-order valence-electron chi connectivity index (χ4n) is 1.60. The molecule has 0 aliphatic carbocycles. The van der Waals surface area contributed by atoms with Gasteiger partial charge in [-0.25, -0.2) is 12.8 Å². The topological polar surface area (TPSA) is 59.1 Å². The summed E-state index contributed by atoms with van der Waals surface area (Å²) in [6, 6.07) is 7.35. The maximum Gasteiger partial charge on any atom is 0.233 e. The van der Waals surface area contributed by atoms with Gasteiger partial charge in [-0.15, -0.1) is 0 Å². The highest BCUT2D eigenvalue weighted by molar-refractivity contribution is 9.10. The van der Waals surface area contributed by atoms with Crippen LogP contribution in [-0.2, 0) is 16.4 Å². The van der Waals surface area contributed by atoms with Gasteiger partial charge in [0.25, 0.3) is 0 Å². The Morgan fingerprint density at radius 3 is 2.60 bits per heavy atom. The van der Waals surface area contributed by atoms with Crippen LogP contribution in [0.5, 0.6) is 0 Å². The lowest BCUT2D eigenvalue weighted by Crippen LogP contribution is -2.18. The van der Waals surface area contributed by atoms with Crippen molar-refractivity contribution in [3.63, 3.8) is 0 Å². The van der Waals surface area contributed by atoms with Crippen LogP contribution in [0.1, 0.15) is 5.56 Å². The SMILES string of the molecule is O=S(=O)(CCc1ccncc1)Nc1cc(F)ccc1Br. The molecular weight excluding hydrogens is 347 g/mol. The van der Waals surface area contributed by atoms with Gasteiger partial charge in [0.1, 0.15) is 5.82 Å². The van der Waals surface area contributed by atoms with Crippen molar-refractivity contribution in [3.8, 4) is 0 Å². The minimum absolute atomic E-state index is 0.0834. The van der Waals surface area contributed by atoms with Gasteiger partial charge in [0.2, 0.25) is 10.0 Å². The molecule has 0 spiro atoms. The number of aromatic nitrogens is 1. The first kappa shape index (κ1) is 14.9. The quantitative estimate of drug-likeness (QED) is 0.893. The van der Waals surface area contributed by atoms with Crippen LogP contribution in [0.15, 0.2) is 47.2 Å². The number of hydrogen-bond acceptors (Lipinski definition) is 3. The summed E-state index contributed by atoms with van der Waals surface area (Å²) in [5.41, 5.74) is 1.07. The van der Waals surface area contributed by atoms with E-state index in [0.29, 0.717) is 10.9 Å². The van der Waals surface area contributed by atoms with E-state index in [1.165, 1.54) is 12.1 Å². The molecule has 0 fully saturated rings. The molecule has 0 amide bonds. The van der Waals surface area contributed by atoms with Gasteiger partial charge in [-0.3, -0.25) is 9.71 Å². The second-order valence-electron chi connectivity index (χ2n) is 4.15. The number of benzene rings is 1. The Balaban J connectivity index is 2.06. The van der Waals surface area contributed by atoms with Gasteiger partial charge in [-0.05, 0) is 58.2 Å². The average Bonchev–Trinajstić information content (AvgIpc) is 2.42. The molecule has 7 heteroatoms. The maximum absolute atomic E-state index is 13.1. The molecule has 2 aromatic rings. The molecular formula is C13H12BrFN2O2S. The molecule has 0 unspecified atom stereocenters. The smallest absolute Gasteiger partial charge is 0.233 e. The fourth-order valence-corrected chi connectivity index (χ4v) is 3.18. The molecule has 0 saturated carbocycles. The number of halogens is 2. The van der Waals surface area contributed by atoms with Gasteiger partial charge in [0, 0.05) is 16.9 Å². The van der Waals surface area contributed by atoms with Gasteiger partial charge in [-0.2, -0.15) is 0 Å². The molecule has 0 aliphatic heterocycles. The number of pyridine rings is 1. The summed E-state index contributed by atoms with van der Waals surface area (Å²) in [4.78, 5) is 3.87. The van der Waals surface area contributed by atoms with Crippen molar-refractivity contribution < 1.29 is 12.8 Å². The van der Waals surface area contributed by atoms with Crippen molar-refractivity contribution in [1.29, 1.82) is 0 Å². The summed E-state index contributed by atoms with van der Waals surface area (Å²) in [6.07, 6.45) is 3.59. The van der Waals surface area contributed by atoms with Gasteiger partial charge in [-0.1, -0.05) is 0 Å². The Hall–Kier alpha value is -1.47. The number of nitrogens with one attached hydrogen (secondary N) is 1. The lowest BCUT2D eigenvalue weighted by Gasteiger charge is -2.09. The van der Waals surface area contributed by atoms with Crippen molar-refractivity contribution >= 4 is 31.6 Å². The normalized spacial score (nSPS) is 11.3. The van der Waals surface area contributed by atoms with E-state index in [9.17, 15) is 12.8 Å². The molecule has 1 heterocycles. The number of hydrogen-bond donors (Lipinski definition) is 1. The summed E-state index contributed by atoms with van der Waals surface area (Å²) in [7, 11) is -3.54. The third-order valence-corrected chi connectivity index (χ3v) is 4.57. The minimum Gasteiger partial charge on any atom is -0.282 e. The second kappa shape index (κ2) is 6.32. The number of nitrogens with zero attached hydrogens (tertiary/aromatic N) is 1. The van der Waals surface area contributed by atoms with Crippen LogP contribution in [0.2, 0.25) is 0 Å². The van der Waals surface area contributed by atoms with Crippen molar-refractivity contribution in [1.82, 2.24) is 4.98 Å². The summed E-state index contributed by atoms with van der Waals surface area (Å²) in [5.74, 6) is -0.583. The number of sulfonamides is 1. The van der Waals surface area contributed by atoms with Crippen molar-refractivity contribution in [3.05, 3.63) is 58.6 Å². The van der Waals surface area contributed by atoms with Gasteiger partial charge >= 0.3 is 0 Å². The van der Waals surface area contributed by atoms with E-state index >= 15 is 0 Å². The first-order valence-electron chi connectivity index (χ1n) is 5.81. The number of rotatable bonds is 5. The predicted molar refractivity (Wildman–Crippen MR) is 79.5 cm³/mol. The van der Waals surface area contributed by atoms with E-state index in [1.807, 2.05) is 0 Å². The lowest BCUT2D eigenvalue weighted by atomic mass is 10.2. The molecule has 1 aromatic heterocycles. The molecule has 0 aliphatic rings. The molecule has 1 aromatic carbocycles. The van der Waals surface area contributed by atoms with E-state index in [4.69, 9.17) is 0 Å². The maximum atomic E-state index is 13.1. The minimum atomic E-state index is -3.54. The molecule has 0 saturated heterocycles. The third kappa shape index (κ3) is 4.28. The molecule has 106 valence electrons. The third-order valence-electron chi connectivity index (χ3n) is 2.60. The Morgan fingerprint density at radius 1 is 1.20 bits per heavy atom. The zero-order valence-corrected chi connectivity index (χ0v) is 12.8. The van der Waals surface area contributed by atoms with Crippen LogP contribution in [0.25, 0.3) is 0 Å². The molecule has 0 radical (unpaired) electrons. The molecule has 4 nitrogen and oxygen atoms in total. The van der Waals surface area contributed by atoms with Crippen LogP contribution in [0.4, 0.5) is 10.1 Å². The summed E-state index contributed by atoms with van der Waals surface area (Å²) in [5, 5.41) is 0. The zero-order chi connectivity index (χ0) is 14.6.